The van der Waals surface area contributed by atoms with Crippen molar-refractivity contribution in [3.05, 3.63) is 58.6 Å². The fourth-order valence-electron chi connectivity index (χ4n) is 3.48. The molecule has 0 aliphatic carbocycles. The molecular formula is C21H24ClNO3. The number of nitrogens with one attached hydrogen (secondary N) is 1. The van der Waals surface area contributed by atoms with E-state index < -0.39 is 0 Å². The number of hydrogen-bond acceptors (Lipinski definition) is 3. The van der Waals surface area contributed by atoms with E-state index in [9.17, 15) is 4.79 Å². The average Bonchev–Trinajstić information content (AvgIpc) is 2.67. The minimum atomic E-state index is -0.260. The van der Waals surface area contributed by atoms with Crippen molar-refractivity contribution in [2.45, 2.75) is 44.8 Å². The lowest BCUT2D eigenvalue weighted by Crippen LogP contribution is -2.44. The quantitative estimate of drug-likeness (QED) is 0.787. The molecule has 4 nitrogen and oxygen atoms in total. The lowest BCUT2D eigenvalue weighted by atomic mass is 9.83. The molecule has 0 bridgehead atoms. The fourth-order valence-corrected chi connectivity index (χ4v) is 3.74. The molecule has 26 heavy (non-hydrogen) atoms. The van der Waals surface area contributed by atoms with Crippen molar-refractivity contribution in [3.8, 4) is 11.5 Å². The third kappa shape index (κ3) is 3.51. The Morgan fingerprint density at radius 2 is 2.00 bits per heavy atom. The monoisotopic (exact) mass is 373 g/mol. The second-order valence-corrected chi connectivity index (χ2v) is 7.02. The molecule has 0 radical (unpaired) electrons. The van der Waals surface area contributed by atoms with Crippen molar-refractivity contribution in [2.24, 2.45) is 0 Å². The highest BCUT2D eigenvalue weighted by Gasteiger charge is 2.39. The molecule has 5 heteroatoms. The molecule has 2 aromatic rings. The van der Waals surface area contributed by atoms with Gasteiger partial charge in [0.05, 0.1) is 18.2 Å². The number of hydrogen-bond donors (Lipinski definition) is 1. The van der Waals surface area contributed by atoms with Gasteiger partial charge in [0.2, 0.25) is 0 Å². The second-order valence-electron chi connectivity index (χ2n) is 6.61. The van der Waals surface area contributed by atoms with Gasteiger partial charge in [-0.3, -0.25) is 4.79 Å². The maximum Gasteiger partial charge on any atom is 0.251 e. The molecule has 2 aromatic carbocycles. The van der Waals surface area contributed by atoms with Crippen LogP contribution in [0.25, 0.3) is 0 Å². The number of halogens is 1. The maximum atomic E-state index is 12.8. The van der Waals surface area contributed by atoms with Crippen LogP contribution in [0.1, 0.15) is 55.1 Å². The molecule has 0 spiro atoms. The van der Waals surface area contributed by atoms with Crippen molar-refractivity contribution in [2.75, 3.05) is 7.11 Å². The molecule has 1 heterocycles. The van der Waals surface area contributed by atoms with Crippen LogP contribution in [-0.4, -0.2) is 18.6 Å². The Hall–Kier alpha value is -2.20. The van der Waals surface area contributed by atoms with Gasteiger partial charge in [0, 0.05) is 17.5 Å². The molecule has 0 aromatic heterocycles. The summed E-state index contributed by atoms with van der Waals surface area (Å²) in [6.45, 7) is 4.25. The summed E-state index contributed by atoms with van der Waals surface area (Å²) >= 11 is 6.16. The van der Waals surface area contributed by atoms with Crippen LogP contribution in [0.3, 0.4) is 0 Å². The van der Waals surface area contributed by atoms with Gasteiger partial charge in [0.15, 0.2) is 0 Å². The van der Waals surface area contributed by atoms with Gasteiger partial charge >= 0.3 is 0 Å². The van der Waals surface area contributed by atoms with Crippen molar-refractivity contribution >= 4 is 17.5 Å². The van der Waals surface area contributed by atoms with E-state index in [1.165, 1.54) is 0 Å². The van der Waals surface area contributed by atoms with Gasteiger partial charge in [-0.15, -0.1) is 0 Å². The lowest BCUT2D eigenvalue weighted by molar-refractivity contribution is 0.0227. The number of rotatable bonds is 5. The van der Waals surface area contributed by atoms with Crippen LogP contribution in [0.5, 0.6) is 11.5 Å². The molecule has 0 fully saturated rings. The van der Waals surface area contributed by atoms with Crippen LogP contribution >= 0.6 is 11.6 Å². The van der Waals surface area contributed by atoms with Crippen LogP contribution in [0.15, 0.2) is 42.5 Å². The number of ether oxygens (including phenoxy) is 2. The molecule has 138 valence electrons. The third-order valence-electron chi connectivity index (χ3n) is 5.21. The molecule has 3 rings (SSSR count). The molecule has 1 amide bonds. The zero-order valence-corrected chi connectivity index (χ0v) is 16.1. The lowest BCUT2D eigenvalue weighted by Gasteiger charge is -2.41. The minimum Gasteiger partial charge on any atom is -0.495 e. The first-order valence-electron chi connectivity index (χ1n) is 8.94. The Balaban J connectivity index is 1.88. The smallest absolute Gasteiger partial charge is 0.251 e. The predicted molar refractivity (Wildman–Crippen MR) is 103 cm³/mol. The van der Waals surface area contributed by atoms with Gasteiger partial charge in [0.1, 0.15) is 17.1 Å². The normalized spacial score (nSPS) is 17.8. The highest BCUT2D eigenvalue weighted by Crippen LogP contribution is 2.42. The van der Waals surface area contributed by atoms with Gasteiger partial charge in [-0.25, -0.2) is 0 Å². The van der Waals surface area contributed by atoms with Gasteiger partial charge in [-0.05, 0) is 37.1 Å². The molecule has 1 unspecified atom stereocenters. The Kier molecular flexibility index (Phi) is 5.42. The number of methoxy groups -OCH3 is 1. The first-order chi connectivity index (χ1) is 12.5. The highest BCUT2D eigenvalue weighted by molar-refractivity contribution is 6.32. The van der Waals surface area contributed by atoms with E-state index in [1.807, 2.05) is 24.3 Å². The minimum absolute atomic E-state index is 0.103. The summed E-state index contributed by atoms with van der Waals surface area (Å²) in [4.78, 5) is 12.8. The van der Waals surface area contributed by atoms with Crippen molar-refractivity contribution in [3.63, 3.8) is 0 Å². The van der Waals surface area contributed by atoms with E-state index in [-0.39, 0.29) is 17.6 Å². The third-order valence-corrected chi connectivity index (χ3v) is 5.50. The van der Waals surface area contributed by atoms with Crippen LogP contribution < -0.4 is 14.8 Å². The molecule has 1 aliphatic heterocycles. The van der Waals surface area contributed by atoms with Gasteiger partial charge in [-0.1, -0.05) is 43.6 Å². The summed E-state index contributed by atoms with van der Waals surface area (Å²) in [7, 11) is 1.55. The average molecular weight is 374 g/mol. The Labute approximate surface area is 159 Å². The second kappa shape index (κ2) is 7.58. The Morgan fingerprint density at radius 3 is 2.65 bits per heavy atom. The molecule has 0 saturated carbocycles. The zero-order valence-electron chi connectivity index (χ0n) is 15.3. The standard InChI is InChI=1S/C21H24ClNO3/c1-4-21(5-2)13-17(15-8-6-7-9-18(15)26-21)23-20(24)14-10-11-19(25-3)16(22)12-14/h6-12,17H,4-5,13H2,1-3H3,(H,23,24). The van der Waals surface area contributed by atoms with Gasteiger partial charge < -0.3 is 14.8 Å². The number of amides is 1. The summed E-state index contributed by atoms with van der Waals surface area (Å²) in [6, 6.07) is 12.9. The number of carbonyl (C=O) groups excluding carboxylic acids is 1. The number of carbonyl (C=O) groups is 1. The Morgan fingerprint density at radius 1 is 1.27 bits per heavy atom. The molecule has 1 aliphatic rings. The van der Waals surface area contributed by atoms with Crippen LogP contribution in [0.4, 0.5) is 0 Å². The van der Waals surface area contributed by atoms with E-state index in [4.69, 9.17) is 21.1 Å². The summed E-state index contributed by atoms with van der Waals surface area (Å²) in [5.74, 6) is 1.24. The van der Waals surface area contributed by atoms with E-state index in [0.717, 1.165) is 30.6 Å². The zero-order chi connectivity index (χ0) is 18.7. The van der Waals surface area contributed by atoms with Gasteiger partial charge in [-0.2, -0.15) is 0 Å². The first kappa shape index (κ1) is 18.6. The van der Waals surface area contributed by atoms with Crippen molar-refractivity contribution < 1.29 is 14.3 Å². The predicted octanol–water partition coefficient (Wildman–Crippen LogP) is 5.16. The maximum absolute atomic E-state index is 12.8. The summed E-state index contributed by atoms with van der Waals surface area (Å²) in [5, 5.41) is 3.58. The van der Waals surface area contributed by atoms with Crippen LogP contribution in [0.2, 0.25) is 5.02 Å². The molecule has 1 atom stereocenters. The Bertz CT molecular complexity index is 802. The molecular weight excluding hydrogens is 350 g/mol. The fraction of sp³-hybridized carbons (Fsp3) is 0.381. The van der Waals surface area contributed by atoms with E-state index >= 15 is 0 Å². The summed E-state index contributed by atoms with van der Waals surface area (Å²) in [5.41, 5.74) is 1.26. The van der Waals surface area contributed by atoms with Gasteiger partial charge in [0.25, 0.3) is 5.91 Å². The topological polar surface area (TPSA) is 47.6 Å². The number of fused-ring (bicyclic) bond motifs is 1. The molecule has 0 saturated heterocycles. The van der Waals surface area contributed by atoms with E-state index in [2.05, 4.69) is 19.2 Å². The van der Waals surface area contributed by atoms with E-state index in [0.29, 0.717) is 16.3 Å². The highest BCUT2D eigenvalue weighted by atomic mass is 35.5. The SMILES string of the molecule is CCC1(CC)CC(NC(=O)c2ccc(OC)c(Cl)c2)c2ccccc2O1. The van der Waals surface area contributed by atoms with Crippen LogP contribution in [0, 0.1) is 0 Å². The molecule has 1 N–H and O–H groups in total. The van der Waals surface area contributed by atoms with Crippen molar-refractivity contribution in [1.82, 2.24) is 5.32 Å². The summed E-state index contributed by atoms with van der Waals surface area (Å²) < 4.78 is 11.4. The van der Waals surface area contributed by atoms with Crippen LogP contribution in [-0.2, 0) is 0 Å². The number of benzene rings is 2. The van der Waals surface area contributed by atoms with E-state index in [1.54, 1.807) is 25.3 Å². The first-order valence-corrected chi connectivity index (χ1v) is 9.32. The summed E-state index contributed by atoms with van der Waals surface area (Å²) in [6.07, 6.45) is 2.52. The number of para-hydroxylation sites is 1. The largest absolute Gasteiger partial charge is 0.495 e. The van der Waals surface area contributed by atoms with Crippen molar-refractivity contribution in [1.29, 1.82) is 0 Å².